The van der Waals surface area contributed by atoms with Gasteiger partial charge in [-0.1, -0.05) is 23.7 Å². The standard InChI is InChI=1S/C21H18ClFN4O/c1-12-21(24-13(2)27(12)20-7-5-4-6-16(20)22)19-11-18(25-26-19)15-9-8-14(28-3)10-17(15)23/h4-11H,1-3H3,(H,25,26). The summed E-state index contributed by atoms with van der Waals surface area (Å²) < 4.78 is 21.4. The summed E-state index contributed by atoms with van der Waals surface area (Å²) in [5.74, 6) is 0.862. The van der Waals surface area contributed by atoms with Crippen LogP contribution in [-0.4, -0.2) is 26.9 Å². The van der Waals surface area contributed by atoms with Gasteiger partial charge in [0.15, 0.2) is 0 Å². The van der Waals surface area contributed by atoms with Gasteiger partial charge in [0.2, 0.25) is 0 Å². The van der Waals surface area contributed by atoms with Gasteiger partial charge in [-0.15, -0.1) is 0 Å². The van der Waals surface area contributed by atoms with Gasteiger partial charge < -0.3 is 4.74 Å². The summed E-state index contributed by atoms with van der Waals surface area (Å²) >= 11 is 6.36. The molecule has 1 N–H and O–H groups in total. The summed E-state index contributed by atoms with van der Waals surface area (Å²) in [6, 6.07) is 14.1. The Bertz CT molecular complexity index is 1170. The van der Waals surface area contributed by atoms with Gasteiger partial charge >= 0.3 is 0 Å². The largest absolute Gasteiger partial charge is 0.497 e. The Hall–Kier alpha value is -3.12. The number of para-hydroxylation sites is 1. The Kier molecular flexibility index (Phi) is 4.65. The molecular formula is C21H18ClFN4O. The molecule has 142 valence electrons. The first-order chi connectivity index (χ1) is 13.5. The van der Waals surface area contributed by atoms with Crippen LogP contribution in [0, 0.1) is 19.7 Å². The fourth-order valence-electron chi connectivity index (χ4n) is 3.30. The molecule has 5 nitrogen and oxygen atoms in total. The number of ether oxygens (including phenoxy) is 1. The zero-order valence-corrected chi connectivity index (χ0v) is 16.4. The Morgan fingerprint density at radius 2 is 1.89 bits per heavy atom. The van der Waals surface area contributed by atoms with E-state index in [4.69, 9.17) is 16.3 Å². The molecule has 2 aromatic heterocycles. The first kappa shape index (κ1) is 18.3. The number of aryl methyl sites for hydroxylation is 1. The van der Waals surface area contributed by atoms with Crippen molar-refractivity contribution in [3.63, 3.8) is 0 Å². The van der Waals surface area contributed by atoms with Gasteiger partial charge in [-0.05, 0) is 44.2 Å². The second kappa shape index (κ2) is 7.13. The number of nitrogens with one attached hydrogen (secondary N) is 1. The highest BCUT2D eigenvalue weighted by Gasteiger charge is 2.18. The number of aromatic amines is 1. The molecule has 0 atom stereocenters. The molecule has 28 heavy (non-hydrogen) atoms. The number of halogens is 2. The number of imidazole rings is 1. The van der Waals surface area contributed by atoms with Crippen molar-refractivity contribution >= 4 is 11.6 Å². The molecule has 0 amide bonds. The summed E-state index contributed by atoms with van der Waals surface area (Å²) in [5, 5.41) is 7.88. The molecule has 0 saturated carbocycles. The molecule has 0 radical (unpaired) electrons. The zero-order valence-electron chi connectivity index (χ0n) is 15.6. The van der Waals surface area contributed by atoms with E-state index in [1.54, 1.807) is 18.2 Å². The van der Waals surface area contributed by atoms with Gasteiger partial charge in [0.1, 0.15) is 23.1 Å². The van der Waals surface area contributed by atoms with Crippen molar-refractivity contribution in [1.82, 2.24) is 19.7 Å². The van der Waals surface area contributed by atoms with Crippen molar-refractivity contribution in [2.24, 2.45) is 0 Å². The van der Waals surface area contributed by atoms with Gasteiger partial charge in [-0.25, -0.2) is 9.37 Å². The zero-order chi connectivity index (χ0) is 19.8. The number of benzene rings is 2. The van der Waals surface area contributed by atoms with Gasteiger partial charge in [0.25, 0.3) is 0 Å². The quantitative estimate of drug-likeness (QED) is 0.506. The van der Waals surface area contributed by atoms with E-state index in [1.165, 1.54) is 13.2 Å². The fourth-order valence-corrected chi connectivity index (χ4v) is 3.52. The second-order valence-corrected chi connectivity index (χ2v) is 6.80. The highest BCUT2D eigenvalue weighted by molar-refractivity contribution is 6.32. The van der Waals surface area contributed by atoms with Crippen molar-refractivity contribution in [2.45, 2.75) is 13.8 Å². The number of hydrogen-bond acceptors (Lipinski definition) is 3. The van der Waals surface area contributed by atoms with E-state index < -0.39 is 5.82 Å². The van der Waals surface area contributed by atoms with Crippen molar-refractivity contribution in [1.29, 1.82) is 0 Å². The second-order valence-electron chi connectivity index (χ2n) is 6.39. The van der Waals surface area contributed by atoms with E-state index in [0.717, 1.165) is 22.9 Å². The highest BCUT2D eigenvalue weighted by Crippen LogP contribution is 2.31. The predicted molar refractivity (Wildman–Crippen MR) is 108 cm³/mol. The molecular weight excluding hydrogens is 379 g/mol. The number of H-pyrrole nitrogens is 1. The van der Waals surface area contributed by atoms with Crippen LogP contribution in [0.2, 0.25) is 5.02 Å². The Labute approximate surface area is 166 Å². The van der Waals surface area contributed by atoms with Gasteiger partial charge in [0.05, 0.1) is 29.2 Å². The summed E-state index contributed by atoms with van der Waals surface area (Å²) in [6.07, 6.45) is 0. The summed E-state index contributed by atoms with van der Waals surface area (Å²) in [5.41, 5.74) is 4.11. The summed E-state index contributed by atoms with van der Waals surface area (Å²) in [7, 11) is 1.50. The highest BCUT2D eigenvalue weighted by atomic mass is 35.5. The first-order valence-electron chi connectivity index (χ1n) is 8.70. The molecule has 0 aliphatic carbocycles. The lowest BCUT2D eigenvalue weighted by molar-refractivity contribution is 0.411. The van der Waals surface area contributed by atoms with Crippen LogP contribution in [0.3, 0.4) is 0 Å². The smallest absolute Gasteiger partial charge is 0.136 e. The molecule has 4 rings (SSSR count). The maximum atomic E-state index is 14.4. The van der Waals surface area contributed by atoms with Crippen molar-refractivity contribution in [3.05, 3.63) is 70.9 Å². The SMILES string of the molecule is COc1ccc(-c2cc(-c3nc(C)n(-c4ccccc4Cl)c3C)[nH]n2)c(F)c1. The van der Waals surface area contributed by atoms with E-state index in [0.29, 0.717) is 27.7 Å². The van der Waals surface area contributed by atoms with Gasteiger partial charge in [0, 0.05) is 17.3 Å². The molecule has 0 spiro atoms. The normalized spacial score (nSPS) is 11.0. The van der Waals surface area contributed by atoms with Gasteiger partial charge in [-0.3, -0.25) is 9.67 Å². The molecule has 2 aromatic carbocycles. The van der Waals surface area contributed by atoms with E-state index in [2.05, 4.69) is 15.2 Å². The minimum atomic E-state index is -0.396. The summed E-state index contributed by atoms with van der Waals surface area (Å²) in [6.45, 7) is 3.88. The third-order valence-electron chi connectivity index (χ3n) is 4.65. The minimum Gasteiger partial charge on any atom is -0.497 e. The van der Waals surface area contributed by atoms with Crippen LogP contribution in [0.1, 0.15) is 11.5 Å². The van der Waals surface area contributed by atoms with Crippen LogP contribution < -0.4 is 4.74 Å². The third kappa shape index (κ3) is 3.05. The third-order valence-corrected chi connectivity index (χ3v) is 4.97. The molecule has 7 heteroatoms. The van der Waals surface area contributed by atoms with Crippen LogP contribution in [-0.2, 0) is 0 Å². The lowest BCUT2D eigenvalue weighted by Gasteiger charge is -2.09. The van der Waals surface area contributed by atoms with Crippen LogP contribution in [0.25, 0.3) is 28.3 Å². The lowest BCUT2D eigenvalue weighted by atomic mass is 10.1. The molecule has 0 aliphatic heterocycles. The monoisotopic (exact) mass is 396 g/mol. The number of aromatic nitrogens is 4. The van der Waals surface area contributed by atoms with E-state index in [1.807, 2.05) is 42.7 Å². The van der Waals surface area contributed by atoms with Crippen molar-refractivity contribution in [2.75, 3.05) is 7.11 Å². The number of rotatable bonds is 4. The van der Waals surface area contributed by atoms with E-state index >= 15 is 0 Å². The molecule has 0 unspecified atom stereocenters. The Morgan fingerprint density at radius 1 is 1.11 bits per heavy atom. The molecule has 0 bridgehead atoms. The van der Waals surface area contributed by atoms with Crippen LogP contribution in [0.5, 0.6) is 5.75 Å². The Balaban J connectivity index is 1.76. The summed E-state index contributed by atoms with van der Waals surface area (Å²) in [4.78, 5) is 4.67. The molecule has 0 saturated heterocycles. The molecule has 2 heterocycles. The van der Waals surface area contributed by atoms with Crippen LogP contribution in [0.4, 0.5) is 4.39 Å². The average Bonchev–Trinajstić information content (AvgIpc) is 3.27. The Morgan fingerprint density at radius 3 is 2.61 bits per heavy atom. The molecule has 0 fully saturated rings. The van der Waals surface area contributed by atoms with Gasteiger partial charge in [-0.2, -0.15) is 5.10 Å². The number of nitrogens with zero attached hydrogens (tertiary/aromatic N) is 3. The van der Waals surface area contributed by atoms with E-state index in [-0.39, 0.29) is 0 Å². The predicted octanol–water partition coefficient (Wildman–Crippen LogP) is 5.35. The number of hydrogen-bond donors (Lipinski definition) is 1. The fraction of sp³-hybridized carbons (Fsp3) is 0.143. The maximum absolute atomic E-state index is 14.4. The lowest BCUT2D eigenvalue weighted by Crippen LogP contribution is -2.00. The van der Waals surface area contributed by atoms with Crippen molar-refractivity contribution < 1.29 is 9.13 Å². The molecule has 0 aliphatic rings. The first-order valence-corrected chi connectivity index (χ1v) is 9.08. The topological polar surface area (TPSA) is 55.7 Å². The maximum Gasteiger partial charge on any atom is 0.136 e. The van der Waals surface area contributed by atoms with Crippen LogP contribution in [0.15, 0.2) is 48.5 Å². The minimum absolute atomic E-state index is 0.392. The van der Waals surface area contributed by atoms with Crippen LogP contribution >= 0.6 is 11.6 Å². The van der Waals surface area contributed by atoms with E-state index in [9.17, 15) is 4.39 Å². The average molecular weight is 397 g/mol. The van der Waals surface area contributed by atoms with Crippen molar-refractivity contribution in [3.8, 4) is 34.1 Å². The number of methoxy groups -OCH3 is 1. The molecule has 4 aromatic rings.